The van der Waals surface area contributed by atoms with E-state index in [0.29, 0.717) is 12.6 Å². The standard InChI is InChI=1S/C14H26N4O2/c1-17-6-8-18(9-7-17)13(19)10-16-12-4-2-11(3-5-12)14(15)20/h11-12,16H,2-10H2,1H3,(H2,15,20). The second-order valence-corrected chi connectivity index (χ2v) is 6.02. The average molecular weight is 282 g/mol. The quantitative estimate of drug-likeness (QED) is 0.721. The van der Waals surface area contributed by atoms with Crippen molar-refractivity contribution in [1.29, 1.82) is 0 Å². The van der Waals surface area contributed by atoms with E-state index in [-0.39, 0.29) is 17.7 Å². The van der Waals surface area contributed by atoms with Gasteiger partial charge in [0.1, 0.15) is 0 Å². The van der Waals surface area contributed by atoms with Gasteiger partial charge in [0.2, 0.25) is 11.8 Å². The Kier molecular flexibility index (Phi) is 5.37. The highest BCUT2D eigenvalue weighted by molar-refractivity contribution is 5.78. The molecule has 2 rings (SSSR count). The molecule has 6 nitrogen and oxygen atoms in total. The molecule has 20 heavy (non-hydrogen) atoms. The highest BCUT2D eigenvalue weighted by Crippen LogP contribution is 2.23. The number of nitrogens with one attached hydrogen (secondary N) is 1. The van der Waals surface area contributed by atoms with Gasteiger partial charge < -0.3 is 20.9 Å². The van der Waals surface area contributed by atoms with E-state index in [1.54, 1.807) is 0 Å². The molecule has 1 heterocycles. The van der Waals surface area contributed by atoms with Crippen molar-refractivity contribution in [2.75, 3.05) is 39.8 Å². The number of amides is 2. The van der Waals surface area contributed by atoms with Crippen molar-refractivity contribution in [1.82, 2.24) is 15.1 Å². The van der Waals surface area contributed by atoms with E-state index < -0.39 is 0 Å². The summed E-state index contributed by atoms with van der Waals surface area (Å²) < 4.78 is 0. The van der Waals surface area contributed by atoms with Crippen LogP contribution in [0.15, 0.2) is 0 Å². The number of nitrogens with zero attached hydrogens (tertiary/aromatic N) is 2. The minimum Gasteiger partial charge on any atom is -0.369 e. The third kappa shape index (κ3) is 4.18. The molecule has 3 N–H and O–H groups in total. The molecular formula is C14H26N4O2. The van der Waals surface area contributed by atoms with Crippen LogP contribution in [0.5, 0.6) is 0 Å². The van der Waals surface area contributed by atoms with Gasteiger partial charge in [-0.05, 0) is 32.7 Å². The molecule has 1 saturated heterocycles. The van der Waals surface area contributed by atoms with Gasteiger partial charge in [-0.3, -0.25) is 9.59 Å². The second kappa shape index (κ2) is 7.04. The van der Waals surface area contributed by atoms with Gasteiger partial charge >= 0.3 is 0 Å². The Balaban J connectivity index is 1.65. The fourth-order valence-electron chi connectivity index (χ4n) is 2.98. The third-order valence-corrected chi connectivity index (χ3v) is 4.53. The summed E-state index contributed by atoms with van der Waals surface area (Å²) in [6.07, 6.45) is 3.55. The molecule has 6 heteroatoms. The van der Waals surface area contributed by atoms with Crippen molar-refractivity contribution in [2.24, 2.45) is 11.7 Å². The molecule has 1 aliphatic heterocycles. The number of carbonyl (C=O) groups is 2. The topological polar surface area (TPSA) is 78.7 Å². The first-order valence-electron chi connectivity index (χ1n) is 7.55. The van der Waals surface area contributed by atoms with E-state index in [4.69, 9.17) is 5.73 Å². The molecule has 0 bridgehead atoms. The summed E-state index contributed by atoms with van der Waals surface area (Å²) in [6, 6.07) is 0.349. The highest BCUT2D eigenvalue weighted by Gasteiger charge is 2.25. The Morgan fingerprint density at radius 1 is 1.10 bits per heavy atom. The number of primary amides is 1. The Morgan fingerprint density at radius 3 is 2.25 bits per heavy atom. The lowest BCUT2D eigenvalue weighted by Crippen LogP contribution is -2.50. The van der Waals surface area contributed by atoms with E-state index in [0.717, 1.165) is 51.9 Å². The first-order chi connectivity index (χ1) is 9.56. The highest BCUT2D eigenvalue weighted by atomic mass is 16.2. The molecule has 114 valence electrons. The zero-order valence-corrected chi connectivity index (χ0v) is 12.3. The van der Waals surface area contributed by atoms with E-state index in [2.05, 4.69) is 17.3 Å². The van der Waals surface area contributed by atoms with Crippen molar-refractivity contribution in [3.8, 4) is 0 Å². The number of carbonyl (C=O) groups excluding carboxylic acids is 2. The van der Waals surface area contributed by atoms with Crippen LogP contribution in [0.2, 0.25) is 0 Å². The van der Waals surface area contributed by atoms with Gasteiger partial charge in [-0.25, -0.2) is 0 Å². The summed E-state index contributed by atoms with van der Waals surface area (Å²) in [5, 5.41) is 3.33. The van der Waals surface area contributed by atoms with Crippen molar-refractivity contribution in [3.05, 3.63) is 0 Å². The number of rotatable bonds is 4. The molecule has 0 spiro atoms. The van der Waals surface area contributed by atoms with Crippen LogP contribution in [0.3, 0.4) is 0 Å². The molecule has 1 saturated carbocycles. The lowest BCUT2D eigenvalue weighted by Gasteiger charge is -2.33. The Labute approximate surface area is 120 Å². The van der Waals surface area contributed by atoms with Gasteiger partial charge in [-0.15, -0.1) is 0 Å². The first-order valence-corrected chi connectivity index (χ1v) is 7.55. The van der Waals surface area contributed by atoms with E-state index in [9.17, 15) is 9.59 Å². The Morgan fingerprint density at radius 2 is 1.70 bits per heavy atom. The average Bonchev–Trinajstić information content (AvgIpc) is 2.46. The van der Waals surface area contributed by atoms with Crippen molar-refractivity contribution >= 4 is 11.8 Å². The summed E-state index contributed by atoms with van der Waals surface area (Å²) in [4.78, 5) is 27.4. The van der Waals surface area contributed by atoms with Crippen LogP contribution in [0.1, 0.15) is 25.7 Å². The minimum atomic E-state index is -0.183. The number of likely N-dealkylation sites (N-methyl/N-ethyl adjacent to an activating group) is 1. The van der Waals surface area contributed by atoms with Crippen LogP contribution in [0.4, 0.5) is 0 Å². The fourth-order valence-corrected chi connectivity index (χ4v) is 2.98. The normalized spacial score (nSPS) is 28.4. The predicted octanol–water partition coefficient (Wildman–Crippen LogP) is -0.606. The summed E-state index contributed by atoms with van der Waals surface area (Å²) in [7, 11) is 2.08. The Bertz CT molecular complexity index is 345. The summed E-state index contributed by atoms with van der Waals surface area (Å²) in [6.45, 7) is 3.97. The molecule has 0 radical (unpaired) electrons. The molecule has 2 amide bonds. The maximum atomic E-state index is 12.1. The summed E-state index contributed by atoms with van der Waals surface area (Å²) >= 11 is 0. The van der Waals surface area contributed by atoms with Gasteiger partial charge in [0, 0.05) is 38.1 Å². The monoisotopic (exact) mass is 282 g/mol. The molecule has 0 aromatic rings. The van der Waals surface area contributed by atoms with Gasteiger partial charge in [0.25, 0.3) is 0 Å². The van der Waals surface area contributed by atoms with Crippen molar-refractivity contribution < 1.29 is 9.59 Å². The Hall–Kier alpha value is -1.14. The molecule has 2 fully saturated rings. The van der Waals surface area contributed by atoms with Gasteiger partial charge in [0.05, 0.1) is 6.54 Å². The lowest BCUT2D eigenvalue weighted by atomic mass is 9.85. The van der Waals surface area contributed by atoms with E-state index >= 15 is 0 Å². The van der Waals surface area contributed by atoms with E-state index in [1.807, 2.05) is 4.90 Å². The largest absolute Gasteiger partial charge is 0.369 e. The molecular weight excluding hydrogens is 256 g/mol. The maximum Gasteiger partial charge on any atom is 0.236 e. The van der Waals surface area contributed by atoms with Crippen molar-refractivity contribution in [3.63, 3.8) is 0 Å². The predicted molar refractivity (Wildman–Crippen MR) is 77.0 cm³/mol. The van der Waals surface area contributed by atoms with Crippen LogP contribution in [-0.4, -0.2) is 67.4 Å². The van der Waals surface area contributed by atoms with Crippen molar-refractivity contribution in [2.45, 2.75) is 31.7 Å². The molecule has 0 unspecified atom stereocenters. The molecule has 0 aromatic carbocycles. The molecule has 1 aliphatic carbocycles. The van der Waals surface area contributed by atoms with Crippen LogP contribution in [-0.2, 0) is 9.59 Å². The number of hydrogen-bond acceptors (Lipinski definition) is 4. The summed E-state index contributed by atoms with van der Waals surface area (Å²) in [5.41, 5.74) is 5.32. The van der Waals surface area contributed by atoms with Gasteiger partial charge in [0.15, 0.2) is 0 Å². The SMILES string of the molecule is CN1CCN(C(=O)CNC2CCC(C(N)=O)CC2)CC1. The molecule has 0 atom stereocenters. The zero-order valence-electron chi connectivity index (χ0n) is 12.3. The lowest BCUT2D eigenvalue weighted by molar-refractivity contribution is -0.132. The van der Waals surface area contributed by atoms with Gasteiger partial charge in [-0.2, -0.15) is 0 Å². The van der Waals surface area contributed by atoms with Gasteiger partial charge in [-0.1, -0.05) is 0 Å². The summed E-state index contributed by atoms with van der Waals surface area (Å²) in [5.74, 6) is 0.0356. The van der Waals surface area contributed by atoms with Crippen LogP contribution in [0, 0.1) is 5.92 Å². The number of nitrogens with two attached hydrogens (primary N) is 1. The minimum absolute atomic E-state index is 0.0291. The third-order valence-electron chi connectivity index (χ3n) is 4.53. The second-order valence-electron chi connectivity index (χ2n) is 6.02. The zero-order chi connectivity index (χ0) is 14.5. The van der Waals surface area contributed by atoms with Crippen LogP contribution >= 0.6 is 0 Å². The first kappa shape index (κ1) is 15.3. The maximum absolute atomic E-state index is 12.1. The van der Waals surface area contributed by atoms with E-state index in [1.165, 1.54) is 0 Å². The number of hydrogen-bond donors (Lipinski definition) is 2. The van der Waals surface area contributed by atoms with Crippen LogP contribution in [0.25, 0.3) is 0 Å². The fraction of sp³-hybridized carbons (Fsp3) is 0.857. The molecule has 0 aromatic heterocycles. The number of piperazine rings is 1. The smallest absolute Gasteiger partial charge is 0.236 e. The molecule has 2 aliphatic rings. The van der Waals surface area contributed by atoms with Crippen LogP contribution < -0.4 is 11.1 Å².